The molecule has 3 nitrogen and oxygen atoms in total. The molecule has 2 rings (SSSR count). The Morgan fingerprint density at radius 3 is 2.88 bits per heavy atom. The van der Waals surface area contributed by atoms with Crippen LogP contribution in [0.4, 0.5) is 0 Å². The number of nitrogens with zero attached hydrogens (tertiary/aromatic N) is 2. The number of hydrogen-bond donors (Lipinski definition) is 1. The molecule has 1 heterocycles. The fourth-order valence-electron chi connectivity index (χ4n) is 2.15. The highest BCUT2D eigenvalue weighted by Gasteiger charge is 2.10. The smallest absolute Gasteiger partial charge is 0.0718 e. The molecule has 0 spiro atoms. The first-order valence-corrected chi connectivity index (χ1v) is 5.86. The van der Waals surface area contributed by atoms with Gasteiger partial charge in [0, 0.05) is 24.9 Å². The lowest BCUT2D eigenvalue weighted by Gasteiger charge is -2.10. The van der Waals surface area contributed by atoms with E-state index < -0.39 is 0 Å². The number of aromatic nitrogens is 2. The van der Waals surface area contributed by atoms with E-state index in [1.165, 1.54) is 16.6 Å². The van der Waals surface area contributed by atoms with Crippen molar-refractivity contribution in [3.05, 3.63) is 30.0 Å². The lowest BCUT2D eigenvalue weighted by molar-refractivity contribution is 0.556. The molecule has 0 aliphatic carbocycles. The van der Waals surface area contributed by atoms with Gasteiger partial charge in [0.25, 0.3) is 0 Å². The summed E-state index contributed by atoms with van der Waals surface area (Å²) in [5.74, 6) is 0. The molecule has 0 radical (unpaired) electrons. The van der Waals surface area contributed by atoms with Gasteiger partial charge in [-0.1, -0.05) is 25.1 Å². The zero-order valence-corrected chi connectivity index (χ0v) is 10.2. The topological polar surface area (TPSA) is 29.9 Å². The Bertz CT molecular complexity index is 473. The first-order chi connectivity index (χ1) is 7.72. The minimum Gasteiger partial charge on any atom is -0.314 e. The van der Waals surface area contributed by atoms with Crippen LogP contribution in [0.25, 0.3) is 10.9 Å². The van der Waals surface area contributed by atoms with Crippen molar-refractivity contribution in [3.63, 3.8) is 0 Å². The number of likely N-dealkylation sites (N-methyl/N-ethyl adjacent to an activating group) is 1. The molecule has 1 N–H and O–H groups in total. The largest absolute Gasteiger partial charge is 0.314 e. The number of fused-ring (bicyclic) bond motifs is 1. The number of rotatable bonds is 4. The van der Waals surface area contributed by atoms with E-state index in [9.17, 15) is 0 Å². The average Bonchev–Trinajstić information content (AvgIpc) is 2.57. The Kier molecular flexibility index (Phi) is 3.25. The monoisotopic (exact) mass is 217 g/mol. The average molecular weight is 217 g/mol. The van der Waals surface area contributed by atoms with E-state index in [0.717, 1.165) is 13.0 Å². The van der Waals surface area contributed by atoms with E-state index in [2.05, 4.69) is 48.5 Å². The van der Waals surface area contributed by atoms with E-state index in [4.69, 9.17) is 0 Å². The van der Waals surface area contributed by atoms with Crippen molar-refractivity contribution in [3.8, 4) is 0 Å². The van der Waals surface area contributed by atoms with Crippen LogP contribution in [0.15, 0.2) is 24.3 Å². The zero-order valence-electron chi connectivity index (χ0n) is 10.2. The maximum atomic E-state index is 4.59. The summed E-state index contributed by atoms with van der Waals surface area (Å²) in [4.78, 5) is 0. The summed E-state index contributed by atoms with van der Waals surface area (Å²) >= 11 is 0. The van der Waals surface area contributed by atoms with Gasteiger partial charge in [-0.15, -0.1) is 0 Å². The van der Waals surface area contributed by atoms with Crippen molar-refractivity contribution >= 4 is 10.9 Å². The second kappa shape index (κ2) is 4.66. The summed E-state index contributed by atoms with van der Waals surface area (Å²) in [6.45, 7) is 5.34. The molecule has 1 aromatic heterocycles. The minimum absolute atomic E-state index is 0.475. The highest BCUT2D eigenvalue weighted by molar-refractivity contribution is 5.81. The summed E-state index contributed by atoms with van der Waals surface area (Å²) in [5, 5.41) is 9.28. The molecule has 1 atom stereocenters. The molecular formula is C13H19N3. The standard InChI is InChI=1S/C13H19N3/c1-4-14-10(2)9-12-11-7-5-6-8-13(11)16(3)15-12/h5-8,10,14H,4,9H2,1-3H3. The van der Waals surface area contributed by atoms with Gasteiger partial charge in [0.1, 0.15) is 0 Å². The molecule has 0 saturated heterocycles. The van der Waals surface area contributed by atoms with Gasteiger partial charge >= 0.3 is 0 Å². The van der Waals surface area contributed by atoms with Crippen LogP contribution in [-0.4, -0.2) is 22.4 Å². The summed E-state index contributed by atoms with van der Waals surface area (Å²) < 4.78 is 1.96. The number of benzene rings is 1. The third kappa shape index (κ3) is 2.09. The van der Waals surface area contributed by atoms with E-state index in [0.29, 0.717) is 6.04 Å². The molecule has 0 saturated carbocycles. The van der Waals surface area contributed by atoms with E-state index in [1.807, 2.05) is 11.7 Å². The Morgan fingerprint density at radius 1 is 1.38 bits per heavy atom. The van der Waals surface area contributed by atoms with E-state index in [-0.39, 0.29) is 0 Å². The van der Waals surface area contributed by atoms with Gasteiger partial charge in [0.2, 0.25) is 0 Å². The van der Waals surface area contributed by atoms with Gasteiger partial charge in [0.15, 0.2) is 0 Å². The van der Waals surface area contributed by atoms with Crippen LogP contribution in [0.2, 0.25) is 0 Å². The van der Waals surface area contributed by atoms with Crippen LogP contribution in [0.3, 0.4) is 0 Å². The zero-order chi connectivity index (χ0) is 11.5. The van der Waals surface area contributed by atoms with Gasteiger partial charge in [-0.2, -0.15) is 5.10 Å². The quantitative estimate of drug-likeness (QED) is 0.850. The Balaban J connectivity index is 2.31. The fourth-order valence-corrected chi connectivity index (χ4v) is 2.15. The summed E-state index contributed by atoms with van der Waals surface area (Å²) in [6, 6.07) is 8.87. The van der Waals surface area contributed by atoms with Crippen molar-refractivity contribution in [2.45, 2.75) is 26.3 Å². The van der Waals surface area contributed by atoms with E-state index >= 15 is 0 Å². The number of hydrogen-bond acceptors (Lipinski definition) is 2. The highest BCUT2D eigenvalue weighted by Crippen LogP contribution is 2.18. The van der Waals surface area contributed by atoms with Crippen LogP contribution in [0, 0.1) is 0 Å². The Labute approximate surface area is 96.5 Å². The van der Waals surface area contributed by atoms with Crippen LogP contribution in [0.1, 0.15) is 19.5 Å². The molecule has 0 aliphatic rings. The summed E-state index contributed by atoms with van der Waals surface area (Å²) in [5.41, 5.74) is 2.40. The SMILES string of the molecule is CCNC(C)Cc1nn(C)c2ccccc12. The third-order valence-corrected chi connectivity index (χ3v) is 2.89. The molecule has 0 bridgehead atoms. The molecule has 0 aliphatic heterocycles. The van der Waals surface area contributed by atoms with Crippen molar-refractivity contribution in [2.75, 3.05) is 6.54 Å². The molecule has 2 aromatic rings. The maximum Gasteiger partial charge on any atom is 0.0718 e. The maximum absolute atomic E-state index is 4.59. The molecule has 0 amide bonds. The molecule has 86 valence electrons. The third-order valence-electron chi connectivity index (χ3n) is 2.89. The second-order valence-corrected chi connectivity index (χ2v) is 4.25. The van der Waals surface area contributed by atoms with Gasteiger partial charge in [-0.25, -0.2) is 0 Å². The Morgan fingerprint density at radius 2 is 2.12 bits per heavy atom. The second-order valence-electron chi connectivity index (χ2n) is 4.25. The molecule has 3 heteroatoms. The molecular weight excluding hydrogens is 198 g/mol. The predicted octanol–water partition coefficient (Wildman–Crippen LogP) is 2.11. The lowest BCUT2D eigenvalue weighted by atomic mass is 10.1. The van der Waals surface area contributed by atoms with Crippen LogP contribution >= 0.6 is 0 Å². The summed E-state index contributed by atoms with van der Waals surface area (Å²) in [6.07, 6.45) is 0.981. The number of nitrogens with one attached hydrogen (secondary N) is 1. The first-order valence-electron chi connectivity index (χ1n) is 5.86. The van der Waals surface area contributed by atoms with E-state index in [1.54, 1.807) is 0 Å². The lowest BCUT2D eigenvalue weighted by Crippen LogP contribution is -2.27. The molecule has 1 unspecified atom stereocenters. The van der Waals surface area contributed by atoms with Crippen molar-refractivity contribution in [1.82, 2.24) is 15.1 Å². The van der Waals surface area contributed by atoms with Gasteiger partial charge in [0.05, 0.1) is 11.2 Å². The van der Waals surface area contributed by atoms with Crippen LogP contribution in [0.5, 0.6) is 0 Å². The van der Waals surface area contributed by atoms with Crippen molar-refractivity contribution < 1.29 is 0 Å². The Hall–Kier alpha value is -1.35. The fraction of sp³-hybridized carbons (Fsp3) is 0.462. The minimum atomic E-state index is 0.475. The predicted molar refractivity (Wildman–Crippen MR) is 67.6 cm³/mol. The number of aryl methyl sites for hydroxylation is 1. The first kappa shape index (κ1) is 11.1. The van der Waals surface area contributed by atoms with Gasteiger partial charge in [-0.3, -0.25) is 4.68 Å². The van der Waals surface area contributed by atoms with Crippen LogP contribution in [-0.2, 0) is 13.5 Å². The molecule has 16 heavy (non-hydrogen) atoms. The summed E-state index contributed by atoms with van der Waals surface area (Å²) in [7, 11) is 2.00. The van der Waals surface area contributed by atoms with Crippen molar-refractivity contribution in [2.24, 2.45) is 7.05 Å². The normalized spacial score (nSPS) is 13.2. The van der Waals surface area contributed by atoms with Gasteiger partial charge in [-0.05, 0) is 19.5 Å². The van der Waals surface area contributed by atoms with Crippen molar-refractivity contribution in [1.29, 1.82) is 0 Å². The van der Waals surface area contributed by atoms with Gasteiger partial charge < -0.3 is 5.32 Å². The number of para-hydroxylation sites is 1. The molecule has 0 fully saturated rings. The molecule has 1 aromatic carbocycles. The highest BCUT2D eigenvalue weighted by atomic mass is 15.3. The van der Waals surface area contributed by atoms with Crippen LogP contribution < -0.4 is 5.32 Å².